The van der Waals surface area contributed by atoms with Crippen LogP contribution in [0.2, 0.25) is 0 Å². The van der Waals surface area contributed by atoms with Crippen molar-refractivity contribution in [1.82, 2.24) is 0 Å². The SMILES string of the molecule is CCCCCCCC[N+](C)(CCCl)CCCCCCC.[Cl-]. The van der Waals surface area contributed by atoms with Crippen molar-refractivity contribution in [2.75, 3.05) is 32.6 Å². The highest BCUT2D eigenvalue weighted by Crippen LogP contribution is 2.13. The lowest BCUT2D eigenvalue weighted by Crippen LogP contribution is -3.00. The molecular formula is C18H39Cl2N. The molecule has 1 nitrogen and oxygen atoms in total. The van der Waals surface area contributed by atoms with E-state index in [1.807, 2.05) is 0 Å². The lowest BCUT2D eigenvalue weighted by atomic mass is 10.1. The van der Waals surface area contributed by atoms with Crippen molar-refractivity contribution in [3.63, 3.8) is 0 Å². The largest absolute Gasteiger partial charge is 1.00 e. The van der Waals surface area contributed by atoms with Crippen LogP contribution in [0.4, 0.5) is 0 Å². The molecule has 130 valence electrons. The zero-order chi connectivity index (χ0) is 15.1. The fourth-order valence-corrected chi connectivity index (χ4v) is 3.32. The molecule has 0 amide bonds. The van der Waals surface area contributed by atoms with Crippen LogP contribution in [0.15, 0.2) is 0 Å². The Hall–Kier alpha value is 0.540. The molecule has 0 spiro atoms. The molecule has 0 saturated heterocycles. The van der Waals surface area contributed by atoms with Gasteiger partial charge in [-0.1, -0.05) is 58.8 Å². The summed E-state index contributed by atoms with van der Waals surface area (Å²) in [6, 6.07) is 0. The summed E-state index contributed by atoms with van der Waals surface area (Å²) >= 11 is 6.01. The van der Waals surface area contributed by atoms with Gasteiger partial charge in [0.1, 0.15) is 0 Å². The second-order valence-corrected chi connectivity index (χ2v) is 7.04. The van der Waals surface area contributed by atoms with Crippen LogP contribution >= 0.6 is 11.6 Å². The third kappa shape index (κ3) is 15.2. The highest BCUT2D eigenvalue weighted by atomic mass is 35.5. The summed E-state index contributed by atoms with van der Waals surface area (Å²) in [6.45, 7) is 8.36. The molecule has 0 N–H and O–H groups in total. The standard InChI is InChI=1S/C18H39ClN.ClH/c1-4-6-8-10-12-14-17-20(3,18-15-19)16-13-11-9-7-5-2;/h4-18H2,1-3H3;1H/q+1;/p-1. The molecule has 0 aromatic heterocycles. The monoisotopic (exact) mass is 339 g/mol. The Kier molecular flexibility index (Phi) is 19.2. The summed E-state index contributed by atoms with van der Waals surface area (Å²) < 4.78 is 1.20. The number of halogens is 2. The zero-order valence-electron chi connectivity index (χ0n) is 14.8. The van der Waals surface area contributed by atoms with E-state index in [1.165, 1.54) is 88.2 Å². The Morgan fingerprint density at radius 2 is 1.00 bits per heavy atom. The lowest BCUT2D eigenvalue weighted by molar-refractivity contribution is -0.907. The second-order valence-electron chi connectivity index (χ2n) is 6.66. The van der Waals surface area contributed by atoms with E-state index in [1.54, 1.807) is 0 Å². The molecule has 0 aliphatic heterocycles. The Morgan fingerprint density at radius 1 is 0.619 bits per heavy atom. The lowest BCUT2D eigenvalue weighted by Gasteiger charge is -2.34. The van der Waals surface area contributed by atoms with Gasteiger partial charge in [-0.05, 0) is 25.7 Å². The van der Waals surface area contributed by atoms with Crippen LogP contribution in [0.1, 0.15) is 84.5 Å². The van der Waals surface area contributed by atoms with Crippen LogP contribution in [0.25, 0.3) is 0 Å². The predicted octanol–water partition coefficient (Wildman–Crippen LogP) is 3.01. The van der Waals surface area contributed by atoms with E-state index in [0.717, 1.165) is 12.4 Å². The van der Waals surface area contributed by atoms with E-state index < -0.39 is 0 Å². The molecule has 3 heteroatoms. The third-order valence-corrected chi connectivity index (χ3v) is 4.65. The van der Waals surface area contributed by atoms with Gasteiger partial charge >= 0.3 is 0 Å². The number of unbranched alkanes of at least 4 members (excludes halogenated alkanes) is 9. The van der Waals surface area contributed by atoms with Crippen molar-refractivity contribution < 1.29 is 16.9 Å². The van der Waals surface area contributed by atoms with E-state index in [4.69, 9.17) is 11.6 Å². The molecule has 0 radical (unpaired) electrons. The van der Waals surface area contributed by atoms with Gasteiger partial charge in [0.25, 0.3) is 0 Å². The average molecular weight is 340 g/mol. The second kappa shape index (κ2) is 16.9. The summed E-state index contributed by atoms with van der Waals surface area (Å²) in [5, 5.41) is 0. The quantitative estimate of drug-likeness (QED) is 0.244. The Balaban J connectivity index is 0. The molecule has 0 aliphatic rings. The van der Waals surface area contributed by atoms with Crippen LogP contribution in [0, 0.1) is 0 Å². The Bertz CT molecular complexity index is 200. The number of hydrogen-bond donors (Lipinski definition) is 0. The van der Waals surface area contributed by atoms with Gasteiger partial charge in [0, 0.05) is 0 Å². The maximum atomic E-state index is 6.01. The van der Waals surface area contributed by atoms with Crippen molar-refractivity contribution in [3.8, 4) is 0 Å². The Morgan fingerprint density at radius 3 is 1.38 bits per heavy atom. The first kappa shape index (κ1) is 23.8. The van der Waals surface area contributed by atoms with Crippen LogP contribution in [-0.2, 0) is 0 Å². The molecule has 21 heavy (non-hydrogen) atoms. The molecule has 0 rings (SSSR count). The molecule has 1 unspecified atom stereocenters. The maximum Gasteiger partial charge on any atom is 0.0922 e. The molecule has 0 heterocycles. The van der Waals surface area contributed by atoms with Crippen LogP contribution in [0.5, 0.6) is 0 Å². The van der Waals surface area contributed by atoms with Crippen molar-refractivity contribution in [1.29, 1.82) is 0 Å². The van der Waals surface area contributed by atoms with Crippen molar-refractivity contribution >= 4 is 11.6 Å². The number of hydrogen-bond acceptors (Lipinski definition) is 0. The number of nitrogens with zero attached hydrogens (tertiary/aromatic N) is 1. The summed E-state index contributed by atoms with van der Waals surface area (Å²) in [6.07, 6.45) is 15.3. The van der Waals surface area contributed by atoms with Crippen LogP contribution in [-0.4, -0.2) is 37.0 Å². The van der Waals surface area contributed by atoms with Gasteiger partial charge in [0.05, 0.1) is 32.6 Å². The molecular weight excluding hydrogens is 301 g/mol. The smallest absolute Gasteiger partial charge is 0.0922 e. The van der Waals surface area contributed by atoms with Gasteiger partial charge in [0.2, 0.25) is 0 Å². The molecule has 0 aliphatic carbocycles. The summed E-state index contributed by atoms with van der Waals surface area (Å²) in [4.78, 5) is 0. The first-order valence-corrected chi connectivity index (χ1v) is 9.61. The molecule has 0 aromatic carbocycles. The molecule has 0 fully saturated rings. The fourth-order valence-electron chi connectivity index (χ4n) is 2.91. The number of rotatable bonds is 15. The number of quaternary nitrogens is 1. The van der Waals surface area contributed by atoms with Gasteiger partial charge in [-0.25, -0.2) is 0 Å². The van der Waals surface area contributed by atoms with Gasteiger partial charge < -0.3 is 16.9 Å². The minimum Gasteiger partial charge on any atom is -1.00 e. The van der Waals surface area contributed by atoms with Gasteiger partial charge in [-0.3, -0.25) is 0 Å². The predicted molar refractivity (Wildman–Crippen MR) is 93.6 cm³/mol. The zero-order valence-corrected chi connectivity index (χ0v) is 16.3. The minimum atomic E-state index is 0. The van der Waals surface area contributed by atoms with Crippen LogP contribution in [0.3, 0.4) is 0 Å². The fraction of sp³-hybridized carbons (Fsp3) is 1.00. The topological polar surface area (TPSA) is 0 Å². The maximum absolute atomic E-state index is 6.01. The third-order valence-electron chi connectivity index (χ3n) is 4.48. The van der Waals surface area contributed by atoms with Crippen molar-refractivity contribution in [2.24, 2.45) is 0 Å². The highest BCUT2D eigenvalue weighted by Gasteiger charge is 2.19. The highest BCUT2D eigenvalue weighted by molar-refractivity contribution is 6.17. The van der Waals surface area contributed by atoms with Gasteiger partial charge in [0.15, 0.2) is 0 Å². The summed E-state index contributed by atoms with van der Waals surface area (Å²) in [5.41, 5.74) is 0. The first-order chi connectivity index (χ1) is 9.68. The Labute approximate surface area is 145 Å². The molecule has 1 atom stereocenters. The molecule has 0 aromatic rings. The van der Waals surface area contributed by atoms with E-state index >= 15 is 0 Å². The van der Waals surface area contributed by atoms with E-state index in [2.05, 4.69) is 20.9 Å². The minimum absolute atomic E-state index is 0. The van der Waals surface area contributed by atoms with Gasteiger partial charge in [-0.2, -0.15) is 0 Å². The first-order valence-electron chi connectivity index (χ1n) is 9.08. The van der Waals surface area contributed by atoms with Gasteiger partial charge in [-0.15, -0.1) is 11.6 Å². The summed E-state index contributed by atoms with van der Waals surface area (Å²) in [5.74, 6) is 0.807. The van der Waals surface area contributed by atoms with E-state index in [9.17, 15) is 0 Å². The molecule has 0 bridgehead atoms. The van der Waals surface area contributed by atoms with Crippen molar-refractivity contribution in [3.05, 3.63) is 0 Å². The average Bonchev–Trinajstić information content (AvgIpc) is 2.43. The van der Waals surface area contributed by atoms with E-state index in [-0.39, 0.29) is 12.4 Å². The summed E-state index contributed by atoms with van der Waals surface area (Å²) in [7, 11) is 2.41. The normalized spacial score (nSPS) is 13.7. The van der Waals surface area contributed by atoms with Crippen LogP contribution < -0.4 is 12.4 Å². The van der Waals surface area contributed by atoms with Crippen molar-refractivity contribution in [2.45, 2.75) is 84.5 Å². The van der Waals surface area contributed by atoms with E-state index in [0.29, 0.717) is 0 Å². The molecule has 0 saturated carbocycles. The number of alkyl halides is 1.